The molecule has 0 spiro atoms. The van der Waals surface area contributed by atoms with Crippen LogP contribution < -0.4 is 10.6 Å². The van der Waals surface area contributed by atoms with E-state index in [1.165, 1.54) is 24.7 Å². The summed E-state index contributed by atoms with van der Waals surface area (Å²) in [5, 5.41) is 5.98. The van der Waals surface area contributed by atoms with Crippen molar-refractivity contribution in [1.29, 1.82) is 0 Å². The van der Waals surface area contributed by atoms with Crippen LogP contribution in [0.2, 0.25) is 0 Å². The number of rotatable bonds is 8. The van der Waals surface area contributed by atoms with Crippen LogP contribution in [0.25, 0.3) is 0 Å². The highest BCUT2D eigenvalue weighted by Gasteiger charge is 2.53. The number of hydrogen-bond acceptors (Lipinski definition) is 4. The van der Waals surface area contributed by atoms with Crippen LogP contribution in [0.3, 0.4) is 0 Å². The van der Waals surface area contributed by atoms with Crippen LogP contribution >= 0.6 is 0 Å². The molecule has 8 heteroatoms. The third-order valence-corrected chi connectivity index (χ3v) is 7.54. The molecule has 1 atom stereocenters. The minimum Gasteiger partial charge on any atom is -0.350 e. The lowest BCUT2D eigenvalue weighted by Gasteiger charge is -2.44. The molecule has 2 N–H and O–H groups in total. The van der Waals surface area contributed by atoms with E-state index in [1.807, 2.05) is 38.1 Å². The van der Waals surface area contributed by atoms with E-state index in [9.17, 15) is 14.4 Å². The summed E-state index contributed by atoms with van der Waals surface area (Å²) >= 11 is 0. The quantitative estimate of drug-likeness (QED) is 0.555. The molecule has 1 saturated carbocycles. The summed E-state index contributed by atoms with van der Waals surface area (Å²) in [7, 11) is 0. The fourth-order valence-corrected chi connectivity index (χ4v) is 5.47. The summed E-state index contributed by atoms with van der Waals surface area (Å²) in [5.74, 6) is -0.832. The highest BCUT2D eigenvalue weighted by atomic mass is 16.2. The molecule has 3 aliphatic rings. The molecule has 5 rings (SSSR count). The second-order valence-electron chi connectivity index (χ2n) is 10.5. The maximum absolute atomic E-state index is 13.7. The average Bonchev–Trinajstić information content (AvgIpc) is 3.60. The largest absolute Gasteiger partial charge is 0.350 e. The zero-order valence-corrected chi connectivity index (χ0v) is 21.2. The number of carbonyl (C=O) groups is 3. The Bertz CT molecular complexity index is 1210. The van der Waals surface area contributed by atoms with E-state index in [0.717, 1.165) is 43.2 Å². The number of imidazole rings is 1. The van der Waals surface area contributed by atoms with Gasteiger partial charge in [-0.1, -0.05) is 41.5 Å². The van der Waals surface area contributed by atoms with Gasteiger partial charge in [0.15, 0.2) is 5.69 Å². The number of aryl methyl sites for hydroxylation is 1. The molecular formula is C28H35N5O3. The first-order valence-corrected chi connectivity index (χ1v) is 13.1. The summed E-state index contributed by atoms with van der Waals surface area (Å²) in [6, 6.07) is 8.00. The Morgan fingerprint density at radius 2 is 2.03 bits per heavy atom. The van der Waals surface area contributed by atoms with Gasteiger partial charge in [-0.15, -0.1) is 0 Å². The van der Waals surface area contributed by atoms with Crippen LogP contribution in [0, 0.1) is 6.92 Å². The monoisotopic (exact) mass is 489 g/mol. The van der Waals surface area contributed by atoms with Crippen LogP contribution in [0.1, 0.15) is 84.0 Å². The lowest BCUT2D eigenvalue weighted by atomic mass is 9.93. The predicted molar refractivity (Wildman–Crippen MR) is 136 cm³/mol. The first-order chi connectivity index (χ1) is 17.4. The van der Waals surface area contributed by atoms with Crippen LogP contribution in [-0.4, -0.2) is 50.3 Å². The van der Waals surface area contributed by atoms with Gasteiger partial charge in [-0.05, 0) is 64.4 Å². The van der Waals surface area contributed by atoms with E-state index in [2.05, 4.69) is 21.7 Å². The van der Waals surface area contributed by atoms with E-state index in [4.69, 9.17) is 0 Å². The Morgan fingerprint density at radius 3 is 2.75 bits per heavy atom. The zero-order chi connectivity index (χ0) is 25.3. The molecule has 36 heavy (non-hydrogen) atoms. The first-order valence-electron chi connectivity index (χ1n) is 13.1. The number of aromatic nitrogens is 2. The maximum atomic E-state index is 13.7. The fraction of sp³-hybridized carbons (Fsp3) is 0.500. The van der Waals surface area contributed by atoms with E-state index >= 15 is 0 Å². The van der Waals surface area contributed by atoms with Crippen LogP contribution in [0.5, 0.6) is 0 Å². The van der Waals surface area contributed by atoms with E-state index in [-0.39, 0.29) is 41.7 Å². The highest BCUT2D eigenvalue weighted by molar-refractivity contribution is 6.07. The molecule has 8 nitrogen and oxygen atoms in total. The third-order valence-electron chi connectivity index (χ3n) is 7.54. The number of fused-ring (bicyclic) bond motifs is 1. The normalized spacial score (nSPS) is 21.6. The summed E-state index contributed by atoms with van der Waals surface area (Å²) in [6.45, 7) is 5.01. The predicted octanol–water partition coefficient (Wildman–Crippen LogP) is 3.51. The van der Waals surface area contributed by atoms with Gasteiger partial charge in [-0.2, -0.15) is 0 Å². The van der Waals surface area contributed by atoms with Crippen LogP contribution in [-0.2, 0) is 17.9 Å². The van der Waals surface area contributed by atoms with E-state index < -0.39 is 5.54 Å². The lowest BCUT2D eigenvalue weighted by molar-refractivity contribution is -0.133. The van der Waals surface area contributed by atoms with Gasteiger partial charge < -0.3 is 20.1 Å². The summed E-state index contributed by atoms with van der Waals surface area (Å²) in [5.41, 5.74) is 2.89. The van der Waals surface area contributed by atoms with Gasteiger partial charge in [-0.3, -0.25) is 14.4 Å². The number of nitrogens with one attached hydrogen (secondary N) is 2. The van der Waals surface area contributed by atoms with Crippen molar-refractivity contribution in [3.8, 4) is 0 Å². The zero-order valence-electron chi connectivity index (χ0n) is 21.2. The molecule has 1 aliphatic heterocycles. The number of allylic oxidation sites excluding steroid dienone is 1. The van der Waals surface area contributed by atoms with Crippen LogP contribution in [0.4, 0.5) is 0 Å². The molecular weight excluding hydrogens is 454 g/mol. The average molecular weight is 490 g/mol. The second-order valence-corrected chi connectivity index (χ2v) is 10.5. The fourth-order valence-electron chi connectivity index (χ4n) is 5.47. The molecule has 1 fully saturated rings. The van der Waals surface area contributed by atoms with Crippen molar-refractivity contribution in [3.63, 3.8) is 0 Å². The summed E-state index contributed by atoms with van der Waals surface area (Å²) < 4.78 is 1.67. The number of nitrogens with zero attached hydrogens (tertiary/aromatic N) is 3. The number of amides is 3. The minimum atomic E-state index is -1.06. The topological polar surface area (TPSA) is 96.3 Å². The summed E-state index contributed by atoms with van der Waals surface area (Å²) in [6.07, 6.45) is 11.0. The lowest BCUT2D eigenvalue weighted by Crippen LogP contribution is -2.64. The molecule has 3 amide bonds. The van der Waals surface area contributed by atoms with Crippen molar-refractivity contribution < 1.29 is 14.4 Å². The Balaban J connectivity index is 1.31. The highest BCUT2D eigenvalue weighted by Crippen LogP contribution is 2.38. The smallest absolute Gasteiger partial charge is 0.274 e. The molecule has 0 radical (unpaired) electrons. The Morgan fingerprint density at radius 1 is 1.19 bits per heavy atom. The molecule has 0 bridgehead atoms. The van der Waals surface area contributed by atoms with Crippen molar-refractivity contribution in [2.24, 2.45) is 0 Å². The van der Waals surface area contributed by atoms with Crippen molar-refractivity contribution in [1.82, 2.24) is 25.1 Å². The van der Waals surface area contributed by atoms with Crippen molar-refractivity contribution in [2.45, 2.75) is 83.5 Å². The van der Waals surface area contributed by atoms with Crippen molar-refractivity contribution >= 4 is 17.7 Å². The van der Waals surface area contributed by atoms with Gasteiger partial charge in [0.05, 0.1) is 12.9 Å². The molecule has 1 aromatic carbocycles. The van der Waals surface area contributed by atoms with Gasteiger partial charge in [0.1, 0.15) is 11.2 Å². The molecule has 2 aromatic rings. The molecule has 0 saturated heterocycles. The summed E-state index contributed by atoms with van der Waals surface area (Å²) in [4.78, 5) is 46.2. The van der Waals surface area contributed by atoms with Crippen molar-refractivity contribution in [2.75, 3.05) is 6.54 Å². The van der Waals surface area contributed by atoms with Crippen LogP contribution in [0.15, 0.2) is 42.2 Å². The Labute approximate surface area is 212 Å². The van der Waals surface area contributed by atoms with Gasteiger partial charge in [0.2, 0.25) is 5.91 Å². The van der Waals surface area contributed by atoms with Gasteiger partial charge in [0.25, 0.3) is 11.8 Å². The van der Waals surface area contributed by atoms with Gasteiger partial charge in [-0.25, -0.2) is 4.98 Å². The third kappa shape index (κ3) is 4.81. The molecule has 1 aromatic heterocycles. The van der Waals surface area contributed by atoms with E-state index in [0.29, 0.717) is 13.1 Å². The molecule has 2 heterocycles. The molecule has 2 aliphatic carbocycles. The SMILES string of the molecule is Cc1cccc(CNC(=O)C2(C)Cn3cnc(C(=O)NCCC4=CCCCC4)c3C(=O)N2C2CC2)c1. The first kappa shape index (κ1) is 24.3. The number of hydrogen-bond donors (Lipinski definition) is 2. The second kappa shape index (κ2) is 9.91. The maximum Gasteiger partial charge on any atom is 0.274 e. The molecule has 1 unspecified atom stereocenters. The Hall–Kier alpha value is -3.42. The van der Waals surface area contributed by atoms with Gasteiger partial charge >= 0.3 is 0 Å². The van der Waals surface area contributed by atoms with Crippen molar-refractivity contribution in [3.05, 3.63) is 64.8 Å². The Kier molecular flexibility index (Phi) is 6.69. The van der Waals surface area contributed by atoms with Gasteiger partial charge in [0, 0.05) is 19.1 Å². The number of carbonyl (C=O) groups excluding carboxylic acids is 3. The minimum absolute atomic E-state index is 0.00465. The number of benzene rings is 1. The molecule has 190 valence electrons. The standard InChI is InChI=1S/C28H35N5O3/c1-19-7-6-10-21(15-19)16-30-27(36)28(2)17-32-18-31-23(24(32)26(35)33(28)22-11-12-22)25(34)29-14-13-20-8-4-3-5-9-20/h6-8,10,15,18,22H,3-5,9,11-14,16-17H2,1-2H3,(H,29,34)(H,30,36). The van der Waals surface area contributed by atoms with E-state index in [1.54, 1.807) is 9.47 Å².